The minimum Gasteiger partial charge on any atom is -0.326 e. The molecule has 0 amide bonds. The van der Waals surface area contributed by atoms with Gasteiger partial charge in [-0.15, -0.1) is 0 Å². The topological polar surface area (TPSA) is 48.0 Å². The molecule has 1 saturated carbocycles. The average Bonchev–Trinajstić information content (AvgIpc) is 2.96. The largest absolute Gasteiger partial charge is 0.326 e. The highest BCUT2D eigenvalue weighted by Crippen LogP contribution is 2.30. The zero-order valence-corrected chi connectivity index (χ0v) is 8.49. The molecule has 2 rings (SSSR count). The molecule has 3 heteroatoms. The fourth-order valence-corrected chi connectivity index (χ4v) is 1.72. The quantitative estimate of drug-likeness (QED) is 0.777. The Hall–Kier alpha value is -1.09. The average molecular weight is 192 g/mol. The number of hydrogen-bond donors (Lipinski definition) is 1. The molecule has 0 atom stereocenters. The lowest BCUT2D eigenvalue weighted by atomic mass is 10.2. The highest BCUT2D eigenvalue weighted by Gasteiger charge is 2.22. The van der Waals surface area contributed by atoms with Crippen LogP contribution in [0.2, 0.25) is 0 Å². The van der Waals surface area contributed by atoms with E-state index in [1.807, 2.05) is 17.6 Å². The molecule has 0 spiro atoms. The van der Waals surface area contributed by atoms with Crippen molar-refractivity contribution in [3.8, 4) is 0 Å². The van der Waals surface area contributed by atoms with Crippen LogP contribution in [0, 0.1) is 12.8 Å². The van der Waals surface area contributed by atoms with E-state index < -0.39 is 0 Å². The lowest BCUT2D eigenvalue weighted by molar-refractivity contribution is 0.586. The Kier molecular flexibility index (Phi) is 2.42. The van der Waals surface area contributed by atoms with E-state index in [4.69, 9.17) is 5.73 Å². The van der Waals surface area contributed by atoms with Gasteiger partial charge in [0.15, 0.2) is 0 Å². The fraction of sp³-hybridized carbons (Fsp3) is 0.545. The number of nitrogens with zero attached hydrogens (tertiary/aromatic N) is 1. The third-order valence-electron chi connectivity index (χ3n) is 2.92. The summed E-state index contributed by atoms with van der Waals surface area (Å²) >= 11 is 0. The van der Waals surface area contributed by atoms with Crippen molar-refractivity contribution in [2.45, 2.75) is 32.9 Å². The number of hydrogen-bond acceptors (Lipinski definition) is 2. The Labute approximate surface area is 83.5 Å². The first-order valence-electron chi connectivity index (χ1n) is 5.11. The maximum Gasteiger partial charge on any atom is 0.250 e. The Bertz CT molecular complexity index is 391. The van der Waals surface area contributed by atoms with Gasteiger partial charge in [0.2, 0.25) is 0 Å². The second-order valence-electron chi connectivity index (χ2n) is 4.04. The number of rotatable bonds is 3. The first kappa shape index (κ1) is 9.46. The Morgan fingerprint density at radius 2 is 2.21 bits per heavy atom. The normalized spacial score (nSPS) is 15.9. The molecule has 1 aromatic rings. The summed E-state index contributed by atoms with van der Waals surface area (Å²) in [5, 5.41) is 0. The molecule has 1 aliphatic rings. The van der Waals surface area contributed by atoms with Crippen molar-refractivity contribution < 1.29 is 0 Å². The minimum atomic E-state index is 0.103. The molecule has 1 aromatic heterocycles. The van der Waals surface area contributed by atoms with Crippen molar-refractivity contribution in [1.82, 2.24) is 4.57 Å². The summed E-state index contributed by atoms with van der Waals surface area (Å²) in [4.78, 5) is 11.6. The number of nitrogens with two attached hydrogens (primary N) is 1. The molecule has 0 bridgehead atoms. The van der Waals surface area contributed by atoms with Crippen LogP contribution in [0.5, 0.6) is 0 Å². The van der Waals surface area contributed by atoms with Crippen molar-refractivity contribution >= 4 is 0 Å². The monoisotopic (exact) mass is 192 g/mol. The molecule has 0 radical (unpaired) electrons. The van der Waals surface area contributed by atoms with Gasteiger partial charge in [-0.1, -0.05) is 6.07 Å². The second kappa shape index (κ2) is 3.58. The van der Waals surface area contributed by atoms with Gasteiger partial charge in [-0.2, -0.15) is 0 Å². The molecular formula is C11H16N2O. The van der Waals surface area contributed by atoms with Crippen LogP contribution in [0.25, 0.3) is 0 Å². The summed E-state index contributed by atoms with van der Waals surface area (Å²) in [6.07, 6.45) is 2.53. The third kappa shape index (κ3) is 1.73. The number of pyridine rings is 1. The van der Waals surface area contributed by atoms with E-state index in [-0.39, 0.29) is 5.56 Å². The summed E-state index contributed by atoms with van der Waals surface area (Å²) in [6.45, 7) is 3.36. The highest BCUT2D eigenvalue weighted by molar-refractivity contribution is 5.19. The lowest BCUT2D eigenvalue weighted by Crippen LogP contribution is -2.24. The van der Waals surface area contributed by atoms with Gasteiger partial charge in [-0.05, 0) is 31.2 Å². The van der Waals surface area contributed by atoms with Crippen LogP contribution < -0.4 is 11.3 Å². The van der Waals surface area contributed by atoms with E-state index in [1.54, 1.807) is 6.07 Å². The van der Waals surface area contributed by atoms with Crippen molar-refractivity contribution in [2.24, 2.45) is 11.7 Å². The van der Waals surface area contributed by atoms with Crippen LogP contribution in [0.15, 0.2) is 16.9 Å². The Morgan fingerprint density at radius 1 is 1.50 bits per heavy atom. The molecule has 0 aliphatic heterocycles. The van der Waals surface area contributed by atoms with Gasteiger partial charge < -0.3 is 10.3 Å². The minimum absolute atomic E-state index is 0.103. The zero-order valence-electron chi connectivity index (χ0n) is 8.49. The highest BCUT2D eigenvalue weighted by atomic mass is 16.1. The standard InChI is InChI=1S/C11H16N2O/c1-8-10(6-12)4-5-11(14)13(8)7-9-2-3-9/h4-5,9H,2-3,6-7,12H2,1H3. The van der Waals surface area contributed by atoms with Gasteiger partial charge in [-0.25, -0.2) is 0 Å². The van der Waals surface area contributed by atoms with Crippen molar-refractivity contribution in [2.75, 3.05) is 0 Å². The maximum absolute atomic E-state index is 11.6. The van der Waals surface area contributed by atoms with Gasteiger partial charge in [-0.3, -0.25) is 4.79 Å². The second-order valence-corrected chi connectivity index (χ2v) is 4.04. The van der Waals surface area contributed by atoms with E-state index in [1.165, 1.54) is 12.8 Å². The molecule has 1 fully saturated rings. The van der Waals surface area contributed by atoms with Gasteiger partial charge in [0, 0.05) is 24.8 Å². The fourth-order valence-electron chi connectivity index (χ4n) is 1.72. The van der Waals surface area contributed by atoms with E-state index in [0.717, 1.165) is 23.7 Å². The third-order valence-corrected chi connectivity index (χ3v) is 2.92. The summed E-state index contributed by atoms with van der Waals surface area (Å²) in [5.74, 6) is 0.722. The molecule has 1 aliphatic carbocycles. The van der Waals surface area contributed by atoms with E-state index in [9.17, 15) is 4.79 Å². The SMILES string of the molecule is Cc1c(CN)ccc(=O)n1CC1CC1. The van der Waals surface area contributed by atoms with Crippen molar-refractivity contribution in [3.05, 3.63) is 33.7 Å². The lowest BCUT2D eigenvalue weighted by Gasteiger charge is -2.12. The van der Waals surface area contributed by atoms with Crippen LogP contribution in [0.3, 0.4) is 0 Å². The smallest absolute Gasteiger partial charge is 0.250 e. The number of aromatic nitrogens is 1. The molecule has 3 nitrogen and oxygen atoms in total. The van der Waals surface area contributed by atoms with Gasteiger partial charge in [0.05, 0.1) is 0 Å². The van der Waals surface area contributed by atoms with Crippen LogP contribution in [-0.2, 0) is 13.1 Å². The first-order valence-corrected chi connectivity index (χ1v) is 5.11. The van der Waals surface area contributed by atoms with Crippen LogP contribution in [0.4, 0.5) is 0 Å². The van der Waals surface area contributed by atoms with Crippen molar-refractivity contribution in [1.29, 1.82) is 0 Å². The predicted molar refractivity (Wildman–Crippen MR) is 56.1 cm³/mol. The molecule has 14 heavy (non-hydrogen) atoms. The summed E-state index contributed by atoms with van der Waals surface area (Å²) in [5.41, 5.74) is 7.81. The van der Waals surface area contributed by atoms with E-state index in [2.05, 4.69) is 0 Å². The zero-order chi connectivity index (χ0) is 10.1. The van der Waals surface area contributed by atoms with Crippen LogP contribution in [-0.4, -0.2) is 4.57 Å². The molecule has 0 unspecified atom stereocenters. The van der Waals surface area contributed by atoms with Gasteiger partial charge >= 0.3 is 0 Å². The van der Waals surface area contributed by atoms with Crippen molar-refractivity contribution in [3.63, 3.8) is 0 Å². The summed E-state index contributed by atoms with van der Waals surface area (Å²) in [6, 6.07) is 3.46. The Balaban J connectivity index is 2.38. The Morgan fingerprint density at radius 3 is 2.79 bits per heavy atom. The predicted octanol–water partition coefficient (Wildman–Crippen LogP) is 1.03. The molecular weight excluding hydrogens is 176 g/mol. The first-order chi connectivity index (χ1) is 6.72. The summed E-state index contributed by atoms with van der Waals surface area (Å²) in [7, 11) is 0. The molecule has 1 heterocycles. The van der Waals surface area contributed by atoms with Gasteiger partial charge in [0.25, 0.3) is 5.56 Å². The molecule has 0 saturated heterocycles. The van der Waals surface area contributed by atoms with Gasteiger partial charge in [0.1, 0.15) is 0 Å². The maximum atomic E-state index is 11.6. The molecule has 0 aromatic carbocycles. The summed E-state index contributed by atoms with van der Waals surface area (Å²) < 4.78 is 1.86. The molecule has 76 valence electrons. The van der Waals surface area contributed by atoms with Crippen LogP contribution in [0.1, 0.15) is 24.1 Å². The van der Waals surface area contributed by atoms with E-state index in [0.29, 0.717) is 6.54 Å². The van der Waals surface area contributed by atoms with Crippen LogP contribution >= 0.6 is 0 Å². The van der Waals surface area contributed by atoms with E-state index >= 15 is 0 Å². The molecule has 2 N–H and O–H groups in total.